The molecular formula is C17H21F2N3O3S. The molecule has 0 saturated carbocycles. The van der Waals surface area contributed by atoms with Crippen molar-refractivity contribution in [3.63, 3.8) is 0 Å². The smallest absolute Gasteiger partial charge is 0.243 e. The zero-order chi connectivity index (χ0) is 18.7. The fraction of sp³-hybridized carbons (Fsp3) is 0.412. The first-order valence-electron chi connectivity index (χ1n) is 8.26. The van der Waals surface area contributed by atoms with Crippen LogP contribution in [0, 0.1) is 11.6 Å². The molecule has 1 N–H and O–H groups in total. The molecule has 2 heterocycles. The molecule has 0 aliphatic carbocycles. The summed E-state index contributed by atoms with van der Waals surface area (Å²) in [6, 6.07) is 6.00. The molecule has 0 radical (unpaired) electrons. The number of morpholine rings is 1. The van der Waals surface area contributed by atoms with E-state index in [1.54, 1.807) is 0 Å². The molecule has 0 spiro atoms. The summed E-state index contributed by atoms with van der Waals surface area (Å²) in [5.41, 5.74) is 0.939. The number of nitrogens with one attached hydrogen (secondary N) is 1. The molecule has 1 aromatic heterocycles. The number of nitrogens with zero attached hydrogens (tertiary/aromatic N) is 2. The Morgan fingerprint density at radius 2 is 1.96 bits per heavy atom. The largest absolute Gasteiger partial charge is 0.379 e. The highest BCUT2D eigenvalue weighted by Gasteiger charge is 2.27. The summed E-state index contributed by atoms with van der Waals surface area (Å²) >= 11 is 0. The van der Waals surface area contributed by atoms with E-state index in [4.69, 9.17) is 4.74 Å². The maximum absolute atomic E-state index is 13.9. The van der Waals surface area contributed by atoms with Gasteiger partial charge in [-0.15, -0.1) is 0 Å². The molecule has 6 nitrogen and oxygen atoms in total. The van der Waals surface area contributed by atoms with Gasteiger partial charge in [-0.05, 0) is 24.3 Å². The van der Waals surface area contributed by atoms with Gasteiger partial charge >= 0.3 is 0 Å². The van der Waals surface area contributed by atoms with Crippen molar-refractivity contribution in [1.82, 2.24) is 14.2 Å². The SMILES string of the molecule is Cn1cccc1C(CNS(=O)(=O)c1ccc(F)cc1F)N1CCOCC1. The van der Waals surface area contributed by atoms with Gasteiger partial charge in [-0.25, -0.2) is 21.9 Å². The molecule has 0 bridgehead atoms. The lowest BCUT2D eigenvalue weighted by Gasteiger charge is -2.34. The van der Waals surface area contributed by atoms with Gasteiger partial charge in [0.2, 0.25) is 10.0 Å². The Kier molecular flexibility index (Phi) is 5.71. The van der Waals surface area contributed by atoms with Crippen LogP contribution in [0.3, 0.4) is 0 Å². The molecule has 1 atom stereocenters. The van der Waals surface area contributed by atoms with Crippen LogP contribution in [0.4, 0.5) is 8.78 Å². The van der Waals surface area contributed by atoms with E-state index in [0.29, 0.717) is 32.4 Å². The van der Waals surface area contributed by atoms with Crippen LogP contribution in [0.15, 0.2) is 41.4 Å². The number of hydrogen-bond acceptors (Lipinski definition) is 4. The van der Waals surface area contributed by atoms with Crippen LogP contribution < -0.4 is 4.72 Å². The lowest BCUT2D eigenvalue weighted by Crippen LogP contribution is -2.44. The van der Waals surface area contributed by atoms with Gasteiger partial charge in [-0.3, -0.25) is 4.90 Å². The van der Waals surface area contributed by atoms with Crippen LogP contribution >= 0.6 is 0 Å². The maximum atomic E-state index is 13.9. The Bertz CT molecular complexity index is 864. The van der Waals surface area contributed by atoms with Gasteiger partial charge in [0.05, 0.1) is 19.3 Å². The first-order chi connectivity index (χ1) is 12.4. The minimum absolute atomic E-state index is 0.0665. The standard InChI is InChI=1S/C17H21F2N3O3S/c1-21-6-2-3-15(21)16(22-7-9-25-10-8-22)12-20-26(23,24)17-5-4-13(18)11-14(17)19/h2-6,11,16,20H,7-10,12H2,1H3. The lowest BCUT2D eigenvalue weighted by molar-refractivity contribution is 0.0158. The molecule has 1 fully saturated rings. The van der Waals surface area contributed by atoms with Crippen molar-refractivity contribution >= 4 is 10.0 Å². The number of aromatic nitrogens is 1. The summed E-state index contributed by atoms with van der Waals surface area (Å²) in [6.45, 7) is 2.54. The number of sulfonamides is 1. The molecule has 1 aliphatic rings. The van der Waals surface area contributed by atoms with E-state index < -0.39 is 26.6 Å². The van der Waals surface area contributed by atoms with E-state index in [0.717, 1.165) is 17.8 Å². The van der Waals surface area contributed by atoms with Crippen LogP contribution in [0.2, 0.25) is 0 Å². The fourth-order valence-electron chi connectivity index (χ4n) is 3.09. The van der Waals surface area contributed by atoms with Gasteiger partial charge in [-0.1, -0.05) is 0 Å². The first kappa shape index (κ1) is 19.0. The van der Waals surface area contributed by atoms with Gasteiger partial charge in [0.15, 0.2) is 0 Å². The van der Waals surface area contributed by atoms with Gasteiger partial charge in [-0.2, -0.15) is 0 Å². The summed E-state index contributed by atoms with van der Waals surface area (Å²) in [7, 11) is -2.22. The van der Waals surface area contributed by atoms with Crippen LogP contribution in [-0.2, 0) is 21.8 Å². The van der Waals surface area contributed by atoms with E-state index in [1.165, 1.54) is 0 Å². The summed E-state index contributed by atoms with van der Waals surface area (Å²) in [5.74, 6) is -1.93. The number of ether oxygens (including phenoxy) is 1. The predicted molar refractivity (Wildman–Crippen MR) is 92.1 cm³/mol. The molecule has 0 amide bonds. The summed E-state index contributed by atoms with van der Waals surface area (Å²) in [5, 5.41) is 0. The second-order valence-corrected chi connectivity index (χ2v) is 7.87. The molecule has 1 saturated heterocycles. The average molecular weight is 385 g/mol. The Morgan fingerprint density at radius 3 is 2.58 bits per heavy atom. The average Bonchev–Trinajstić information content (AvgIpc) is 3.01. The molecular weight excluding hydrogens is 364 g/mol. The summed E-state index contributed by atoms with van der Waals surface area (Å²) in [4.78, 5) is 1.56. The Labute approximate surface area is 151 Å². The third-order valence-corrected chi connectivity index (χ3v) is 5.92. The number of benzene rings is 1. The lowest BCUT2D eigenvalue weighted by atomic mass is 10.1. The molecule has 1 aliphatic heterocycles. The minimum atomic E-state index is -4.10. The highest BCUT2D eigenvalue weighted by Crippen LogP contribution is 2.23. The number of halogens is 2. The topological polar surface area (TPSA) is 63.6 Å². The molecule has 3 rings (SSSR count). The van der Waals surface area contributed by atoms with Crippen molar-refractivity contribution in [1.29, 1.82) is 0 Å². The summed E-state index contributed by atoms with van der Waals surface area (Å²) < 4.78 is 61.6. The van der Waals surface area contributed by atoms with Crippen molar-refractivity contribution in [2.45, 2.75) is 10.9 Å². The molecule has 1 aromatic carbocycles. The molecule has 2 aromatic rings. The number of aryl methyl sites for hydroxylation is 1. The van der Waals surface area contributed by atoms with E-state index in [2.05, 4.69) is 9.62 Å². The third kappa shape index (κ3) is 4.12. The van der Waals surface area contributed by atoms with Crippen molar-refractivity contribution in [2.24, 2.45) is 7.05 Å². The van der Waals surface area contributed by atoms with Gasteiger partial charge in [0, 0.05) is 44.6 Å². The van der Waals surface area contributed by atoms with Crippen LogP contribution in [-0.4, -0.2) is 50.7 Å². The highest BCUT2D eigenvalue weighted by atomic mass is 32.2. The Morgan fingerprint density at radius 1 is 1.23 bits per heavy atom. The summed E-state index contributed by atoms with van der Waals surface area (Å²) in [6.07, 6.45) is 1.89. The van der Waals surface area contributed by atoms with E-state index in [9.17, 15) is 17.2 Å². The first-order valence-corrected chi connectivity index (χ1v) is 9.74. The molecule has 142 valence electrons. The van der Waals surface area contributed by atoms with E-state index >= 15 is 0 Å². The number of rotatable bonds is 6. The molecule has 1 unspecified atom stereocenters. The zero-order valence-corrected chi connectivity index (χ0v) is 15.2. The fourth-order valence-corrected chi connectivity index (χ4v) is 4.19. The van der Waals surface area contributed by atoms with Gasteiger partial charge in [0.25, 0.3) is 0 Å². The third-order valence-electron chi connectivity index (χ3n) is 4.46. The van der Waals surface area contributed by atoms with E-state index in [-0.39, 0.29) is 12.6 Å². The van der Waals surface area contributed by atoms with Gasteiger partial charge < -0.3 is 9.30 Å². The monoisotopic (exact) mass is 385 g/mol. The Balaban J connectivity index is 1.81. The van der Waals surface area contributed by atoms with Crippen molar-refractivity contribution in [2.75, 3.05) is 32.8 Å². The van der Waals surface area contributed by atoms with Crippen LogP contribution in [0.5, 0.6) is 0 Å². The van der Waals surface area contributed by atoms with Crippen LogP contribution in [0.25, 0.3) is 0 Å². The van der Waals surface area contributed by atoms with Crippen molar-refractivity contribution in [3.05, 3.63) is 53.9 Å². The second kappa shape index (κ2) is 7.83. The second-order valence-electron chi connectivity index (χ2n) is 6.13. The molecule has 26 heavy (non-hydrogen) atoms. The minimum Gasteiger partial charge on any atom is -0.379 e. The molecule has 9 heteroatoms. The maximum Gasteiger partial charge on any atom is 0.243 e. The number of hydrogen-bond donors (Lipinski definition) is 1. The van der Waals surface area contributed by atoms with Crippen LogP contribution in [0.1, 0.15) is 11.7 Å². The quantitative estimate of drug-likeness (QED) is 0.822. The Hall–Kier alpha value is -1.81. The van der Waals surface area contributed by atoms with Crippen molar-refractivity contribution in [3.8, 4) is 0 Å². The van der Waals surface area contributed by atoms with Gasteiger partial charge in [0.1, 0.15) is 16.5 Å². The van der Waals surface area contributed by atoms with Crippen molar-refractivity contribution < 1.29 is 21.9 Å². The zero-order valence-electron chi connectivity index (χ0n) is 14.4. The highest BCUT2D eigenvalue weighted by molar-refractivity contribution is 7.89. The van der Waals surface area contributed by atoms with E-state index in [1.807, 2.05) is 29.9 Å². The predicted octanol–water partition coefficient (Wildman–Crippen LogP) is 1.66. The normalized spacial score (nSPS) is 17.3.